The Kier molecular flexibility index (Phi) is 6.37. The van der Waals surface area contributed by atoms with Crippen molar-refractivity contribution in [2.75, 3.05) is 0 Å². The predicted octanol–water partition coefficient (Wildman–Crippen LogP) is 7.31. The Balaban J connectivity index is 1.46. The fourth-order valence-corrected chi connectivity index (χ4v) is 5.25. The second kappa shape index (κ2) is 9.15. The highest BCUT2D eigenvalue weighted by Gasteiger charge is 2.26. The smallest absolute Gasteiger partial charge is 0.338 e. The summed E-state index contributed by atoms with van der Waals surface area (Å²) in [6, 6.07) is 15.4. The molecule has 1 saturated carbocycles. The molecule has 1 fully saturated rings. The molecule has 1 unspecified atom stereocenters. The highest BCUT2D eigenvalue weighted by atomic mass is 16.5. The highest BCUT2D eigenvalue weighted by Crippen LogP contribution is 2.38. The maximum Gasteiger partial charge on any atom is 0.338 e. The Morgan fingerprint density at radius 2 is 1.55 bits per heavy atom. The molecule has 0 spiro atoms. The number of fused-ring (bicyclic) bond motifs is 1. The molecule has 0 radical (unpaired) electrons. The number of benzene rings is 2. The van der Waals surface area contributed by atoms with Crippen LogP contribution in [0.1, 0.15) is 92.6 Å². The maximum atomic E-state index is 12.5. The van der Waals surface area contributed by atoms with Gasteiger partial charge in [-0.05, 0) is 72.3 Å². The molecule has 0 N–H and O–H groups in total. The molecule has 29 heavy (non-hydrogen) atoms. The fourth-order valence-electron chi connectivity index (χ4n) is 5.25. The van der Waals surface area contributed by atoms with E-state index in [-0.39, 0.29) is 12.1 Å². The SMILES string of the molecule is CCCC1CCC(c2ccc(-c3ccc4c(c3)C(=O)OC(CCC)C4)cc2)CC1. The van der Waals surface area contributed by atoms with Crippen LogP contribution >= 0.6 is 0 Å². The van der Waals surface area contributed by atoms with Crippen molar-refractivity contribution in [2.24, 2.45) is 5.92 Å². The van der Waals surface area contributed by atoms with Gasteiger partial charge in [0.25, 0.3) is 0 Å². The van der Waals surface area contributed by atoms with E-state index in [2.05, 4.69) is 50.2 Å². The zero-order valence-electron chi connectivity index (χ0n) is 18.0. The first-order valence-corrected chi connectivity index (χ1v) is 11.6. The molecule has 0 bridgehead atoms. The molecule has 0 saturated heterocycles. The Morgan fingerprint density at radius 3 is 2.24 bits per heavy atom. The van der Waals surface area contributed by atoms with Gasteiger partial charge >= 0.3 is 5.97 Å². The minimum atomic E-state index is -0.160. The van der Waals surface area contributed by atoms with Crippen molar-refractivity contribution in [3.63, 3.8) is 0 Å². The normalized spacial score (nSPS) is 24.1. The molecule has 1 atom stereocenters. The van der Waals surface area contributed by atoms with Crippen LogP contribution in [0.4, 0.5) is 0 Å². The molecule has 1 aliphatic carbocycles. The van der Waals surface area contributed by atoms with Crippen LogP contribution in [-0.2, 0) is 11.2 Å². The van der Waals surface area contributed by atoms with Gasteiger partial charge in [-0.25, -0.2) is 4.79 Å². The van der Waals surface area contributed by atoms with Gasteiger partial charge in [0, 0.05) is 6.42 Å². The number of ether oxygens (including phenoxy) is 1. The van der Waals surface area contributed by atoms with Crippen LogP contribution in [0, 0.1) is 5.92 Å². The summed E-state index contributed by atoms with van der Waals surface area (Å²) in [5.41, 5.74) is 5.63. The predicted molar refractivity (Wildman–Crippen MR) is 119 cm³/mol. The third-order valence-electron chi connectivity index (χ3n) is 6.92. The second-order valence-electron chi connectivity index (χ2n) is 9.02. The van der Waals surface area contributed by atoms with Crippen LogP contribution < -0.4 is 0 Å². The number of carbonyl (C=O) groups excluding carboxylic acids is 1. The molecular formula is C27H34O2. The van der Waals surface area contributed by atoms with Crippen LogP contribution in [0.2, 0.25) is 0 Å². The zero-order chi connectivity index (χ0) is 20.2. The lowest BCUT2D eigenvalue weighted by molar-refractivity contribution is 0.0236. The Bertz CT molecular complexity index is 828. The molecule has 1 aliphatic heterocycles. The molecule has 2 aliphatic rings. The van der Waals surface area contributed by atoms with Gasteiger partial charge in [0.05, 0.1) is 5.56 Å². The maximum absolute atomic E-state index is 12.5. The van der Waals surface area contributed by atoms with Crippen molar-refractivity contribution >= 4 is 5.97 Å². The Labute approximate surface area is 175 Å². The molecule has 2 heteroatoms. The molecule has 0 amide bonds. The third kappa shape index (κ3) is 4.57. The molecule has 2 aromatic rings. The molecule has 154 valence electrons. The quantitative estimate of drug-likeness (QED) is 0.483. The summed E-state index contributed by atoms with van der Waals surface area (Å²) in [6.07, 6.45) is 11.0. The van der Waals surface area contributed by atoms with Gasteiger partial charge in [0.15, 0.2) is 0 Å². The summed E-state index contributed by atoms with van der Waals surface area (Å²) in [6.45, 7) is 4.43. The van der Waals surface area contributed by atoms with E-state index >= 15 is 0 Å². The van der Waals surface area contributed by atoms with Gasteiger partial charge in [0.1, 0.15) is 6.10 Å². The van der Waals surface area contributed by atoms with E-state index in [9.17, 15) is 4.79 Å². The number of hydrogen-bond acceptors (Lipinski definition) is 2. The molecule has 2 nitrogen and oxygen atoms in total. The Hall–Kier alpha value is -2.09. The molecule has 2 aromatic carbocycles. The largest absolute Gasteiger partial charge is 0.458 e. The van der Waals surface area contributed by atoms with Gasteiger partial charge in [-0.1, -0.05) is 69.5 Å². The summed E-state index contributed by atoms with van der Waals surface area (Å²) >= 11 is 0. The van der Waals surface area contributed by atoms with E-state index in [0.29, 0.717) is 5.92 Å². The highest BCUT2D eigenvalue weighted by molar-refractivity contribution is 5.93. The van der Waals surface area contributed by atoms with E-state index in [1.54, 1.807) is 0 Å². The average molecular weight is 391 g/mol. The van der Waals surface area contributed by atoms with Gasteiger partial charge < -0.3 is 4.74 Å². The minimum absolute atomic E-state index is 0.0394. The Morgan fingerprint density at radius 1 is 0.862 bits per heavy atom. The lowest BCUT2D eigenvalue weighted by atomic mass is 9.77. The van der Waals surface area contributed by atoms with E-state index in [1.807, 2.05) is 6.07 Å². The second-order valence-corrected chi connectivity index (χ2v) is 9.02. The third-order valence-corrected chi connectivity index (χ3v) is 6.92. The van der Waals surface area contributed by atoms with Crippen molar-refractivity contribution in [2.45, 2.75) is 83.7 Å². The molecule has 0 aromatic heterocycles. The monoisotopic (exact) mass is 390 g/mol. The van der Waals surface area contributed by atoms with Crippen molar-refractivity contribution in [3.8, 4) is 11.1 Å². The topological polar surface area (TPSA) is 26.3 Å². The van der Waals surface area contributed by atoms with Crippen LogP contribution in [0.5, 0.6) is 0 Å². The van der Waals surface area contributed by atoms with E-state index in [1.165, 1.54) is 49.7 Å². The lowest BCUT2D eigenvalue weighted by Gasteiger charge is -2.28. The van der Waals surface area contributed by atoms with Gasteiger partial charge in [-0.15, -0.1) is 0 Å². The molecule has 4 rings (SSSR count). The fraction of sp³-hybridized carbons (Fsp3) is 0.519. The average Bonchev–Trinajstić information content (AvgIpc) is 2.75. The summed E-state index contributed by atoms with van der Waals surface area (Å²) in [5.74, 6) is 1.50. The first-order valence-electron chi connectivity index (χ1n) is 11.6. The zero-order valence-corrected chi connectivity index (χ0v) is 18.0. The first kappa shape index (κ1) is 20.2. The summed E-state index contributed by atoms with van der Waals surface area (Å²) < 4.78 is 5.63. The van der Waals surface area contributed by atoms with Crippen LogP contribution in [-0.4, -0.2) is 12.1 Å². The van der Waals surface area contributed by atoms with Gasteiger partial charge in [-0.2, -0.15) is 0 Å². The number of rotatable bonds is 6. The van der Waals surface area contributed by atoms with E-state index < -0.39 is 0 Å². The summed E-state index contributed by atoms with van der Waals surface area (Å²) in [4.78, 5) is 12.5. The van der Waals surface area contributed by atoms with Crippen LogP contribution in [0.15, 0.2) is 42.5 Å². The van der Waals surface area contributed by atoms with Crippen LogP contribution in [0.25, 0.3) is 11.1 Å². The molecule has 1 heterocycles. The summed E-state index contributed by atoms with van der Waals surface area (Å²) in [5, 5.41) is 0. The van der Waals surface area contributed by atoms with Gasteiger partial charge in [0.2, 0.25) is 0 Å². The minimum Gasteiger partial charge on any atom is -0.458 e. The van der Waals surface area contributed by atoms with Crippen molar-refractivity contribution < 1.29 is 9.53 Å². The number of esters is 1. The first-order chi connectivity index (χ1) is 14.2. The van der Waals surface area contributed by atoms with Crippen molar-refractivity contribution in [3.05, 3.63) is 59.2 Å². The van der Waals surface area contributed by atoms with E-state index in [4.69, 9.17) is 4.74 Å². The van der Waals surface area contributed by atoms with Crippen molar-refractivity contribution in [1.29, 1.82) is 0 Å². The van der Waals surface area contributed by atoms with Crippen molar-refractivity contribution in [1.82, 2.24) is 0 Å². The number of cyclic esters (lactones) is 1. The van der Waals surface area contributed by atoms with Gasteiger partial charge in [-0.3, -0.25) is 0 Å². The van der Waals surface area contributed by atoms with Crippen LogP contribution in [0.3, 0.4) is 0 Å². The number of carbonyl (C=O) groups is 1. The summed E-state index contributed by atoms with van der Waals surface area (Å²) in [7, 11) is 0. The standard InChI is InChI=1S/C27H34O2/c1-3-5-19-7-9-20(10-8-19)21-11-13-22(14-12-21)23-15-16-24-17-25(6-4-2)29-27(28)26(24)18-23/h11-16,18-20,25H,3-10,17H2,1-2H3. The molecular weight excluding hydrogens is 356 g/mol. The van der Waals surface area contributed by atoms with E-state index in [0.717, 1.165) is 41.9 Å². The lowest BCUT2D eigenvalue weighted by Crippen LogP contribution is -2.27. The number of hydrogen-bond donors (Lipinski definition) is 0.